The van der Waals surface area contributed by atoms with Gasteiger partial charge in [-0.1, -0.05) is 25.8 Å². The zero-order chi connectivity index (χ0) is 14.3. The van der Waals surface area contributed by atoms with Crippen LogP contribution in [0.4, 0.5) is 0 Å². The molecular formula is C16H21NO3. The fraction of sp³-hybridized carbons (Fsp3) is 0.562. The Labute approximate surface area is 118 Å². The van der Waals surface area contributed by atoms with Gasteiger partial charge in [0.2, 0.25) is 0 Å². The summed E-state index contributed by atoms with van der Waals surface area (Å²) < 4.78 is 6.70. The normalized spacial score (nSPS) is 19.6. The molecule has 2 aromatic rings. The van der Waals surface area contributed by atoms with Crippen LogP contribution in [0.5, 0.6) is 0 Å². The number of hydrogen-bond acceptors (Lipinski definition) is 3. The lowest BCUT2D eigenvalue weighted by Crippen LogP contribution is -2.25. The van der Waals surface area contributed by atoms with Gasteiger partial charge in [-0.15, -0.1) is 0 Å². The predicted molar refractivity (Wildman–Crippen MR) is 77.6 cm³/mol. The van der Waals surface area contributed by atoms with E-state index in [4.69, 9.17) is 4.42 Å². The largest absolute Gasteiger partial charge is 0.419 e. The van der Waals surface area contributed by atoms with Gasteiger partial charge in [0.1, 0.15) is 0 Å². The van der Waals surface area contributed by atoms with Gasteiger partial charge in [-0.25, -0.2) is 4.79 Å². The third-order valence-electron chi connectivity index (χ3n) is 5.02. The van der Waals surface area contributed by atoms with Crippen LogP contribution in [0.2, 0.25) is 0 Å². The summed E-state index contributed by atoms with van der Waals surface area (Å²) in [5.41, 5.74) is 2.17. The lowest BCUT2D eigenvalue weighted by molar-refractivity contribution is 0.0238. The van der Waals surface area contributed by atoms with Gasteiger partial charge in [-0.3, -0.25) is 4.57 Å². The number of aliphatic hydroxyl groups is 1. The molecule has 0 aliphatic heterocycles. The quantitative estimate of drug-likeness (QED) is 0.936. The minimum atomic E-state index is -0.482. The van der Waals surface area contributed by atoms with Gasteiger partial charge in [0, 0.05) is 12.5 Å². The molecule has 1 aliphatic rings. The summed E-state index contributed by atoms with van der Waals surface area (Å²) in [6, 6.07) is 5.59. The van der Waals surface area contributed by atoms with Crippen molar-refractivity contribution in [1.82, 2.24) is 4.57 Å². The van der Waals surface area contributed by atoms with E-state index in [-0.39, 0.29) is 11.2 Å². The number of fused-ring (bicyclic) bond motifs is 1. The molecule has 108 valence electrons. The Morgan fingerprint density at radius 2 is 2.10 bits per heavy atom. The van der Waals surface area contributed by atoms with Crippen molar-refractivity contribution in [2.24, 2.45) is 12.5 Å². The lowest BCUT2D eigenvalue weighted by atomic mass is 9.75. The highest BCUT2D eigenvalue weighted by Crippen LogP contribution is 2.50. The van der Waals surface area contributed by atoms with E-state index in [2.05, 4.69) is 6.92 Å². The number of rotatable bonds is 3. The van der Waals surface area contributed by atoms with Crippen molar-refractivity contribution < 1.29 is 9.52 Å². The predicted octanol–water partition coefficient (Wildman–Crippen LogP) is 3.14. The molecule has 3 rings (SSSR count). The van der Waals surface area contributed by atoms with E-state index in [0.717, 1.165) is 30.3 Å². The van der Waals surface area contributed by atoms with Crippen molar-refractivity contribution in [3.8, 4) is 0 Å². The Balaban J connectivity index is 2.03. The first-order chi connectivity index (χ1) is 9.57. The standard InChI is InChI=1S/C16H21NO3/c1-3-16(8-4-5-9-16)14(18)11-6-7-12-13(10-11)20-15(19)17(12)2/h6-7,10,14,18H,3-5,8-9H2,1-2H3. The van der Waals surface area contributed by atoms with Crippen LogP contribution in [-0.2, 0) is 7.05 Å². The van der Waals surface area contributed by atoms with E-state index >= 15 is 0 Å². The van der Waals surface area contributed by atoms with Crippen LogP contribution in [0.15, 0.2) is 27.4 Å². The summed E-state index contributed by atoms with van der Waals surface area (Å²) in [4.78, 5) is 11.5. The summed E-state index contributed by atoms with van der Waals surface area (Å²) in [5, 5.41) is 10.8. The molecule has 1 fully saturated rings. The molecule has 1 N–H and O–H groups in total. The monoisotopic (exact) mass is 275 g/mol. The average molecular weight is 275 g/mol. The fourth-order valence-corrected chi connectivity index (χ4v) is 3.57. The van der Waals surface area contributed by atoms with Crippen molar-refractivity contribution in [3.05, 3.63) is 34.3 Å². The molecule has 4 heteroatoms. The van der Waals surface area contributed by atoms with Crippen molar-refractivity contribution >= 4 is 11.1 Å². The van der Waals surface area contributed by atoms with E-state index in [9.17, 15) is 9.90 Å². The van der Waals surface area contributed by atoms with Gasteiger partial charge in [0.25, 0.3) is 0 Å². The first-order valence-electron chi connectivity index (χ1n) is 7.35. The minimum Gasteiger partial charge on any atom is -0.408 e. The molecule has 1 heterocycles. The van der Waals surface area contributed by atoms with Crippen molar-refractivity contribution in [3.63, 3.8) is 0 Å². The lowest BCUT2D eigenvalue weighted by Gasteiger charge is -2.33. The Morgan fingerprint density at radius 3 is 2.75 bits per heavy atom. The molecular weight excluding hydrogens is 254 g/mol. The minimum absolute atomic E-state index is 0.0112. The van der Waals surface area contributed by atoms with Gasteiger partial charge in [-0.2, -0.15) is 0 Å². The summed E-state index contributed by atoms with van der Waals surface area (Å²) in [5.74, 6) is -0.363. The second kappa shape index (κ2) is 4.77. The van der Waals surface area contributed by atoms with Crippen LogP contribution in [0.3, 0.4) is 0 Å². The van der Waals surface area contributed by atoms with Gasteiger partial charge < -0.3 is 9.52 Å². The molecule has 0 amide bonds. The summed E-state index contributed by atoms with van der Waals surface area (Å²) in [6.45, 7) is 2.15. The highest BCUT2D eigenvalue weighted by atomic mass is 16.4. The zero-order valence-corrected chi connectivity index (χ0v) is 12.1. The topological polar surface area (TPSA) is 55.4 Å². The summed E-state index contributed by atoms with van der Waals surface area (Å²) in [6.07, 6.45) is 5.01. The maximum Gasteiger partial charge on any atom is 0.419 e. The smallest absolute Gasteiger partial charge is 0.408 e. The SMILES string of the molecule is CCC1(C(O)c2ccc3c(c2)oc(=O)n3C)CCCC1. The number of hydrogen-bond donors (Lipinski definition) is 1. The van der Waals surface area contributed by atoms with Gasteiger partial charge >= 0.3 is 5.76 Å². The van der Waals surface area contributed by atoms with Crippen LogP contribution < -0.4 is 5.76 Å². The van der Waals surface area contributed by atoms with Crippen LogP contribution >= 0.6 is 0 Å². The second-order valence-electron chi connectivity index (χ2n) is 5.98. The molecule has 0 spiro atoms. The van der Waals surface area contributed by atoms with Crippen LogP contribution in [0, 0.1) is 5.41 Å². The number of aliphatic hydroxyl groups excluding tert-OH is 1. The van der Waals surface area contributed by atoms with Crippen molar-refractivity contribution in [1.29, 1.82) is 0 Å². The molecule has 4 nitrogen and oxygen atoms in total. The molecule has 1 aromatic carbocycles. The number of nitrogens with zero attached hydrogens (tertiary/aromatic N) is 1. The van der Waals surface area contributed by atoms with Gasteiger partial charge in [-0.05, 0) is 37.0 Å². The molecule has 0 bridgehead atoms. The Kier molecular flexibility index (Phi) is 3.21. The number of oxazole rings is 1. The fourth-order valence-electron chi connectivity index (χ4n) is 3.57. The Hall–Kier alpha value is -1.55. The van der Waals surface area contributed by atoms with Crippen molar-refractivity contribution in [2.75, 3.05) is 0 Å². The first-order valence-corrected chi connectivity index (χ1v) is 7.35. The number of benzene rings is 1. The second-order valence-corrected chi connectivity index (χ2v) is 5.98. The van der Waals surface area contributed by atoms with E-state index in [1.165, 1.54) is 17.4 Å². The van der Waals surface area contributed by atoms with E-state index < -0.39 is 6.10 Å². The molecule has 0 radical (unpaired) electrons. The molecule has 1 atom stereocenters. The molecule has 20 heavy (non-hydrogen) atoms. The van der Waals surface area contributed by atoms with Crippen LogP contribution in [-0.4, -0.2) is 9.67 Å². The van der Waals surface area contributed by atoms with Gasteiger partial charge in [0.15, 0.2) is 5.58 Å². The highest BCUT2D eigenvalue weighted by molar-refractivity contribution is 5.73. The molecule has 1 unspecified atom stereocenters. The number of aromatic nitrogens is 1. The third kappa shape index (κ3) is 1.90. The van der Waals surface area contributed by atoms with E-state index in [0.29, 0.717) is 5.58 Å². The molecule has 1 saturated carbocycles. The zero-order valence-electron chi connectivity index (χ0n) is 12.1. The van der Waals surface area contributed by atoms with Gasteiger partial charge in [0.05, 0.1) is 11.6 Å². The van der Waals surface area contributed by atoms with Crippen LogP contribution in [0.25, 0.3) is 11.1 Å². The van der Waals surface area contributed by atoms with Crippen molar-refractivity contribution in [2.45, 2.75) is 45.1 Å². The summed E-state index contributed by atoms with van der Waals surface area (Å²) in [7, 11) is 1.69. The highest BCUT2D eigenvalue weighted by Gasteiger charge is 2.39. The van der Waals surface area contributed by atoms with E-state index in [1.807, 2.05) is 18.2 Å². The third-order valence-corrected chi connectivity index (χ3v) is 5.02. The first kappa shape index (κ1) is 13.4. The molecule has 1 aliphatic carbocycles. The Bertz CT molecular complexity index is 677. The molecule has 0 saturated heterocycles. The van der Waals surface area contributed by atoms with Crippen LogP contribution in [0.1, 0.15) is 50.7 Å². The maximum atomic E-state index is 11.5. The average Bonchev–Trinajstić information content (AvgIpc) is 3.05. The Morgan fingerprint density at radius 1 is 1.40 bits per heavy atom. The van der Waals surface area contributed by atoms with E-state index in [1.54, 1.807) is 7.05 Å². The maximum absolute atomic E-state index is 11.5. The molecule has 1 aromatic heterocycles. The number of aryl methyl sites for hydroxylation is 1. The summed E-state index contributed by atoms with van der Waals surface area (Å²) >= 11 is 0.